The van der Waals surface area contributed by atoms with E-state index < -0.39 is 0 Å². The van der Waals surface area contributed by atoms with Gasteiger partial charge in [0.15, 0.2) is 0 Å². The van der Waals surface area contributed by atoms with E-state index in [0.717, 1.165) is 17.3 Å². The average Bonchev–Trinajstić information content (AvgIpc) is 2.76. The van der Waals surface area contributed by atoms with Crippen molar-refractivity contribution in [2.75, 3.05) is 13.1 Å². The maximum atomic E-state index is 12.0. The van der Waals surface area contributed by atoms with Crippen molar-refractivity contribution in [1.29, 1.82) is 0 Å². The van der Waals surface area contributed by atoms with E-state index in [1.807, 2.05) is 30.7 Å². The van der Waals surface area contributed by atoms with E-state index in [4.69, 9.17) is 5.53 Å². The summed E-state index contributed by atoms with van der Waals surface area (Å²) in [7, 11) is 0. The number of hydrogen-bond acceptors (Lipinski definition) is 2. The summed E-state index contributed by atoms with van der Waals surface area (Å²) in [5.74, 6) is -0.0804. The topological polar surface area (TPSA) is 82.8 Å². The Morgan fingerprint density at radius 2 is 2.32 bits per heavy atom. The fourth-order valence-electron chi connectivity index (χ4n) is 1.70. The van der Waals surface area contributed by atoms with Gasteiger partial charge in [-0.15, -0.1) is 0 Å². The molecule has 0 spiro atoms. The van der Waals surface area contributed by atoms with E-state index >= 15 is 0 Å². The largest absolute Gasteiger partial charge is 0.351 e. The molecule has 0 atom stereocenters. The van der Waals surface area contributed by atoms with Gasteiger partial charge in [0.25, 0.3) is 5.91 Å². The molecule has 0 saturated heterocycles. The van der Waals surface area contributed by atoms with Crippen LogP contribution in [0.15, 0.2) is 21.9 Å². The van der Waals surface area contributed by atoms with Gasteiger partial charge in [0, 0.05) is 34.7 Å². The van der Waals surface area contributed by atoms with Crippen molar-refractivity contribution in [2.24, 2.45) is 5.11 Å². The quantitative estimate of drug-likeness (QED) is 0.352. The third-order valence-corrected chi connectivity index (χ3v) is 3.07. The van der Waals surface area contributed by atoms with E-state index in [0.29, 0.717) is 18.8 Å². The lowest BCUT2D eigenvalue weighted by atomic mass is 10.3. The summed E-state index contributed by atoms with van der Waals surface area (Å²) >= 11 is 3.38. The lowest BCUT2D eigenvalue weighted by molar-refractivity contribution is 0.0942. The predicted molar refractivity (Wildman–Crippen MR) is 78.1 cm³/mol. The van der Waals surface area contributed by atoms with Crippen molar-refractivity contribution in [2.45, 2.75) is 32.7 Å². The number of amides is 1. The highest BCUT2D eigenvalue weighted by molar-refractivity contribution is 9.10. The first-order valence-electron chi connectivity index (χ1n) is 6.22. The van der Waals surface area contributed by atoms with Crippen LogP contribution in [0.3, 0.4) is 0 Å². The van der Waals surface area contributed by atoms with Gasteiger partial charge in [0.05, 0.1) is 0 Å². The van der Waals surface area contributed by atoms with Crippen LogP contribution in [0.1, 0.15) is 43.2 Å². The van der Waals surface area contributed by atoms with Crippen LogP contribution in [0.4, 0.5) is 0 Å². The van der Waals surface area contributed by atoms with Gasteiger partial charge in [-0.2, -0.15) is 0 Å². The van der Waals surface area contributed by atoms with E-state index in [9.17, 15) is 4.79 Å². The first-order chi connectivity index (χ1) is 9.06. The summed E-state index contributed by atoms with van der Waals surface area (Å²) in [5.41, 5.74) is 8.78. The van der Waals surface area contributed by atoms with Gasteiger partial charge in [-0.05, 0) is 54.2 Å². The molecule has 0 fully saturated rings. The minimum atomic E-state index is -0.0804. The molecule has 1 aromatic rings. The van der Waals surface area contributed by atoms with Crippen molar-refractivity contribution < 1.29 is 4.79 Å². The van der Waals surface area contributed by atoms with Gasteiger partial charge in [-0.1, -0.05) is 5.11 Å². The number of rotatable bonds is 7. The van der Waals surface area contributed by atoms with E-state index in [2.05, 4.69) is 31.3 Å². The van der Waals surface area contributed by atoms with Gasteiger partial charge in [0.1, 0.15) is 5.69 Å². The summed E-state index contributed by atoms with van der Waals surface area (Å²) in [6, 6.07) is 2.05. The van der Waals surface area contributed by atoms with Gasteiger partial charge in [-0.25, -0.2) is 0 Å². The zero-order chi connectivity index (χ0) is 14.3. The molecule has 7 heteroatoms. The molecule has 1 amide bonds. The minimum absolute atomic E-state index is 0.0804. The lowest BCUT2D eigenvalue weighted by Gasteiger charge is -2.12. The zero-order valence-corrected chi connectivity index (χ0v) is 12.7. The molecule has 0 aliphatic carbocycles. The molecule has 104 valence electrons. The number of aromatic nitrogens is 1. The van der Waals surface area contributed by atoms with Crippen LogP contribution in [0.2, 0.25) is 0 Å². The molecule has 0 unspecified atom stereocenters. The first kappa shape index (κ1) is 15.6. The van der Waals surface area contributed by atoms with Crippen LogP contribution in [0.5, 0.6) is 0 Å². The second-order valence-electron chi connectivity index (χ2n) is 4.46. The van der Waals surface area contributed by atoms with Gasteiger partial charge in [-0.3, -0.25) is 4.79 Å². The number of azide groups is 1. The Bertz CT molecular complexity index is 476. The monoisotopic (exact) mass is 327 g/mol. The highest BCUT2D eigenvalue weighted by Gasteiger charge is 2.14. The second kappa shape index (κ2) is 7.86. The standard InChI is InChI=1S/C12H18BrN5O/c1-9(2)18-8-10(13)7-11(18)12(19)15-5-3-4-6-16-17-14/h7-9H,3-6H2,1-2H3,(H,15,19). The number of nitrogens with zero attached hydrogens (tertiary/aromatic N) is 4. The number of unbranched alkanes of at least 4 members (excludes halogenated alkanes) is 1. The molecule has 0 saturated carbocycles. The van der Waals surface area contributed by atoms with Crippen LogP contribution in [0.25, 0.3) is 10.4 Å². The van der Waals surface area contributed by atoms with Crippen molar-refractivity contribution in [1.82, 2.24) is 9.88 Å². The van der Waals surface area contributed by atoms with Crippen LogP contribution in [0, 0.1) is 0 Å². The summed E-state index contributed by atoms with van der Waals surface area (Å²) in [5, 5.41) is 6.31. The van der Waals surface area contributed by atoms with Crippen molar-refractivity contribution >= 4 is 21.8 Å². The third kappa shape index (κ3) is 4.96. The molecule has 1 aromatic heterocycles. The average molecular weight is 328 g/mol. The highest BCUT2D eigenvalue weighted by Crippen LogP contribution is 2.19. The Morgan fingerprint density at radius 1 is 1.58 bits per heavy atom. The van der Waals surface area contributed by atoms with Crippen molar-refractivity contribution in [3.63, 3.8) is 0 Å². The number of halogens is 1. The zero-order valence-electron chi connectivity index (χ0n) is 11.1. The van der Waals surface area contributed by atoms with E-state index in [-0.39, 0.29) is 11.9 Å². The molecule has 0 aliphatic rings. The number of nitrogens with one attached hydrogen (secondary N) is 1. The second-order valence-corrected chi connectivity index (χ2v) is 5.38. The molecule has 19 heavy (non-hydrogen) atoms. The Hall–Kier alpha value is -1.46. The molecule has 0 aromatic carbocycles. The van der Waals surface area contributed by atoms with Crippen LogP contribution >= 0.6 is 15.9 Å². The van der Waals surface area contributed by atoms with E-state index in [1.165, 1.54) is 0 Å². The van der Waals surface area contributed by atoms with Crippen molar-refractivity contribution in [3.05, 3.63) is 32.9 Å². The summed E-state index contributed by atoms with van der Waals surface area (Å²) in [6.07, 6.45) is 3.48. The predicted octanol–water partition coefficient (Wildman–Crippen LogP) is 3.65. The fourth-order valence-corrected chi connectivity index (χ4v) is 2.14. The van der Waals surface area contributed by atoms with Gasteiger partial charge in [0.2, 0.25) is 0 Å². The van der Waals surface area contributed by atoms with Crippen LogP contribution in [-0.4, -0.2) is 23.6 Å². The van der Waals surface area contributed by atoms with Gasteiger partial charge < -0.3 is 9.88 Å². The summed E-state index contributed by atoms with van der Waals surface area (Å²) in [6.45, 7) is 5.12. The molecule has 0 radical (unpaired) electrons. The Kier molecular flexibility index (Phi) is 6.45. The maximum Gasteiger partial charge on any atom is 0.267 e. The highest BCUT2D eigenvalue weighted by atomic mass is 79.9. The summed E-state index contributed by atoms with van der Waals surface area (Å²) < 4.78 is 2.83. The van der Waals surface area contributed by atoms with Gasteiger partial charge >= 0.3 is 0 Å². The van der Waals surface area contributed by atoms with E-state index in [1.54, 1.807) is 0 Å². The lowest BCUT2D eigenvalue weighted by Crippen LogP contribution is -2.27. The molecule has 1 rings (SSSR count). The molecular weight excluding hydrogens is 310 g/mol. The normalized spacial score (nSPS) is 10.3. The molecule has 6 nitrogen and oxygen atoms in total. The van der Waals surface area contributed by atoms with Crippen LogP contribution < -0.4 is 5.32 Å². The number of carbonyl (C=O) groups excluding carboxylic acids is 1. The smallest absolute Gasteiger partial charge is 0.267 e. The summed E-state index contributed by atoms with van der Waals surface area (Å²) in [4.78, 5) is 14.7. The fraction of sp³-hybridized carbons (Fsp3) is 0.583. The Balaban J connectivity index is 2.47. The number of carbonyl (C=O) groups is 1. The molecule has 0 bridgehead atoms. The number of hydrogen-bond donors (Lipinski definition) is 1. The first-order valence-corrected chi connectivity index (χ1v) is 7.02. The molecule has 0 aliphatic heterocycles. The maximum absolute atomic E-state index is 12.0. The Labute approximate surface area is 120 Å². The third-order valence-electron chi connectivity index (χ3n) is 2.64. The minimum Gasteiger partial charge on any atom is -0.351 e. The molecular formula is C12H18BrN5O. The SMILES string of the molecule is CC(C)n1cc(Br)cc1C(=O)NCCCCN=[N+]=[N-]. The molecule has 1 N–H and O–H groups in total. The van der Waals surface area contributed by atoms with Crippen molar-refractivity contribution in [3.8, 4) is 0 Å². The molecule has 1 heterocycles. The van der Waals surface area contributed by atoms with Crippen LogP contribution in [-0.2, 0) is 0 Å². The Morgan fingerprint density at radius 3 is 2.95 bits per heavy atom.